The highest BCUT2D eigenvalue weighted by atomic mass is 32.2. The van der Waals surface area contributed by atoms with Crippen LogP contribution in [-0.4, -0.2) is 25.1 Å². The summed E-state index contributed by atoms with van der Waals surface area (Å²) in [7, 11) is -3.89. The summed E-state index contributed by atoms with van der Waals surface area (Å²) in [6.45, 7) is 3.42. The maximum absolute atomic E-state index is 12.7. The van der Waals surface area contributed by atoms with Crippen LogP contribution in [0.15, 0.2) is 83.1 Å². The van der Waals surface area contributed by atoms with Crippen LogP contribution in [-0.2, 0) is 10.0 Å². The molecule has 0 aliphatic heterocycles. The minimum absolute atomic E-state index is 0.00631. The molecule has 34 heavy (non-hydrogen) atoms. The monoisotopic (exact) mass is 491 g/mol. The smallest absolute Gasteiger partial charge is 0.261 e. The zero-order valence-electron chi connectivity index (χ0n) is 18.4. The fraction of sp³-hybridized carbons (Fsp3) is 0.0800. The van der Waals surface area contributed by atoms with Gasteiger partial charge in [0.25, 0.3) is 15.9 Å². The molecule has 4 aromatic rings. The molecule has 1 aromatic heterocycles. The number of nitrogens with one attached hydrogen (secondary N) is 2. The average molecular weight is 492 g/mol. The molecule has 1 heterocycles. The van der Waals surface area contributed by atoms with Crippen LogP contribution < -0.4 is 10.0 Å². The van der Waals surface area contributed by atoms with Crippen molar-refractivity contribution in [3.63, 3.8) is 0 Å². The van der Waals surface area contributed by atoms with Crippen LogP contribution >= 0.6 is 11.3 Å². The molecule has 0 aliphatic carbocycles. The molecular formula is C25H21N3O4S2. The van der Waals surface area contributed by atoms with Gasteiger partial charge in [-0.25, -0.2) is 13.4 Å². The summed E-state index contributed by atoms with van der Waals surface area (Å²) in [5.74, 6) is -0.557. The van der Waals surface area contributed by atoms with Crippen molar-refractivity contribution in [2.75, 3.05) is 10.0 Å². The number of carbonyl (C=O) groups is 2. The molecule has 2 N–H and O–H groups in total. The fourth-order valence-electron chi connectivity index (χ4n) is 3.16. The maximum Gasteiger partial charge on any atom is 0.261 e. The Morgan fingerprint density at radius 1 is 0.912 bits per heavy atom. The molecule has 7 nitrogen and oxygen atoms in total. The lowest BCUT2D eigenvalue weighted by molar-refractivity contribution is 0.101. The van der Waals surface area contributed by atoms with Crippen LogP contribution in [0.1, 0.15) is 33.2 Å². The van der Waals surface area contributed by atoms with E-state index in [0.717, 1.165) is 16.8 Å². The fourth-order valence-corrected chi connectivity index (χ4v) is 4.92. The molecule has 0 spiro atoms. The molecule has 0 saturated heterocycles. The Labute approximate surface area is 201 Å². The second kappa shape index (κ2) is 9.58. The van der Waals surface area contributed by atoms with E-state index in [-0.39, 0.29) is 16.4 Å². The van der Waals surface area contributed by atoms with Crippen LogP contribution in [0.4, 0.5) is 10.8 Å². The van der Waals surface area contributed by atoms with E-state index >= 15 is 0 Å². The number of rotatable bonds is 7. The van der Waals surface area contributed by atoms with E-state index < -0.39 is 15.9 Å². The Morgan fingerprint density at radius 2 is 1.62 bits per heavy atom. The van der Waals surface area contributed by atoms with E-state index in [9.17, 15) is 18.0 Å². The molecule has 172 valence electrons. The third-order valence-corrected chi connectivity index (χ3v) is 7.18. The third-order valence-electron chi connectivity index (χ3n) is 5.02. The van der Waals surface area contributed by atoms with Gasteiger partial charge in [-0.1, -0.05) is 42.0 Å². The number of carbonyl (C=O) groups excluding carboxylic acids is 2. The SMILES string of the molecule is CC(=O)c1cccc(NS(=O)(=O)c2ccc(C(=O)Nc3nc(-c4ccc(C)cc4)cs3)cc2)c1. The molecule has 1 amide bonds. The topological polar surface area (TPSA) is 105 Å². The van der Waals surface area contributed by atoms with Gasteiger partial charge >= 0.3 is 0 Å². The quantitative estimate of drug-likeness (QED) is 0.338. The van der Waals surface area contributed by atoms with E-state index in [2.05, 4.69) is 15.0 Å². The number of amides is 1. The van der Waals surface area contributed by atoms with Gasteiger partial charge in [0.15, 0.2) is 10.9 Å². The van der Waals surface area contributed by atoms with Crippen molar-refractivity contribution >= 4 is 43.9 Å². The minimum Gasteiger partial charge on any atom is -0.298 e. The Morgan fingerprint density at radius 3 is 2.29 bits per heavy atom. The highest BCUT2D eigenvalue weighted by Gasteiger charge is 2.16. The summed E-state index contributed by atoms with van der Waals surface area (Å²) in [5.41, 5.74) is 3.85. The summed E-state index contributed by atoms with van der Waals surface area (Å²) in [4.78, 5) is 28.6. The number of ketones is 1. The number of aryl methyl sites for hydroxylation is 1. The van der Waals surface area contributed by atoms with Gasteiger partial charge in [-0.05, 0) is 50.2 Å². The van der Waals surface area contributed by atoms with Gasteiger partial charge in [-0.2, -0.15) is 0 Å². The molecule has 0 bridgehead atoms. The number of benzene rings is 3. The van der Waals surface area contributed by atoms with E-state index in [1.807, 2.05) is 36.6 Å². The van der Waals surface area contributed by atoms with Crippen LogP contribution in [0.3, 0.4) is 0 Å². The second-order valence-corrected chi connectivity index (χ2v) is 10.2. The highest BCUT2D eigenvalue weighted by molar-refractivity contribution is 7.92. The Hall–Kier alpha value is -3.82. The number of aromatic nitrogens is 1. The first-order valence-corrected chi connectivity index (χ1v) is 12.7. The third kappa shape index (κ3) is 5.38. The molecule has 0 aliphatic rings. The van der Waals surface area contributed by atoms with Gasteiger partial charge in [-0.3, -0.25) is 19.6 Å². The van der Waals surface area contributed by atoms with Crippen molar-refractivity contribution in [3.05, 3.63) is 94.9 Å². The Kier molecular flexibility index (Phi) is 6.58. The van der Waals surface area contributed by atoms with Crippen molar-refractivity contribution in [1.29, 1.82) is 0 Å². The highest BCUT2D eigenvalue weighted by Crippen LogP contribution is 2.26. The first-order valence-electron chi connectivity index (χ1n) is 10.3. The standard InChI is InChI=1S/C25H21N3O4S2/c1-16-6-8-18(9-7-16)23-15-33-25(26-23)27-24(30)19-10-12-22(13-11-19)34(31,32)28-21-5-3-4-20(14-21)17(2)29/h3-15,28H,1-2H3,(H,26,27,30). The van der Waals surface area contributed by atoms with Crippen LogP contribution in [0.2, 0.25) is 0 Å². The molecule has 0 unspecified atom stereocenters. The van der Waals surface area contributed by atoms with E-state index in [1.165, 1.54) is 48.6 Å². The number of anilines is 2. The molecule has 4 rings (SSSR count). The lowest BCUT2D eigenvalue weighted by Crippen LogP contribution is -2.15. The normalized spacial score (nSPS) is 11.1. The van der Waals surface area contributed by atoms with Crippen molar-refractivity contribution in [3.8, 4) is 11.3 Å². The van der Waals surface area contributed by atoms with Gasteiger partial charge in [-0.15, -0.1) is 11.3 Å². The van der Waals surface area contributed by atoms with Crippen LogP contribution in [0.25, 0.3) is 11.3 Å². The maximum atomic E-state index is 12.7. The number of nitrogens with zero attached hydrogens (tertiary/aromatic N) is 1. The van der Waals surface area contributed by atoms with Gasteiger partial charge in [0.2, 0.25) is 0 Å². The van der Waals surface area contributed by atoms with Gasteiger partial charge in [0.05, 0.1) is 10.6 Å². The largest absolute Gasteiger partial charge is 0.298 e. The van der Waals surface area contributed by atoms with Gasteiger partial charge < -0.3 is 0 Å². The summed E-state index contributed by atoms with van der Waals surface area (Å²) >= 11 is 1.31. The number of thiazole rings is 1. The minimum atomic E-state index is -3.89. The van der Waals surface area contributed by atoms with Gasteiger partial charge in [0, 0.05) is 27.8 Å². The Bertz CT molecular complexity index is 1460. The lowest BCUT2D eigenvalue weighted by atomic mass is 10.1. The summed E-state index contributed by atoms with van der Waals surface area (Å²) in [6, 6.07) is 19.8. The second-order valence-electron chi connectivity index (χ2n) is 7.62. The predicted octanol–water partition coefficient (Wildman–Crippen LogP) is 5.37. The first kappa shape index (κ1) is 23.3. The molecule has 0 saturated carbocycles. The van der Waals surface area contributed by atoms with Crippen molar-refractivity contribution in [2.24, 2.45) is 0 Å². The number of Topliss-reactive ketones (excluding diaryl/α,β-unsaturated/α-hetero) is 1. The number of hydrogen-bond acceptors (Lipinski definition) is 6. The molecule has 0 fully saturated rings. The number of sulfonamides is 1. The Balaban J connectivity index is 1.45. The van der Waals surface area contributed by atoms with Crippen LogP contribution in [0.5, 0.6) is 0 Å². The number of hydrogen-bond donors (Lipinski definition) is 2. The lowest BCUT2D eigenvalue weighted by Gasteiger charge is -2.09. The zero-order chi connectivity index (χ0) is 24.3. The molecule has 3 aromatic carbocycles. The summed E-state index contributed by atoms with van der Waals surface area (Å²) in [5, 5.41) is 5.06. The first-order chi connectivity index (χ1) is 16.2. The van der Waals surface area contributed by atoms with E-state index in [0.29, 0.717) is 16.3 Å². The van der Waals surface area contributed by atoms with Crippen molar-refractivity contribution < 1.29 is 18.0 Å². The summed E-state index contributed by atoms with van der Waals surface area (Å²) in [6.07, 6.45) is 0. The van der Waals surface area contributed by atoms with E-state index in [1.54, 1.807) is 18.2 Å². The summed E-state index contributed by atoms with van der Waals surface area (Å²) < 4.78 is 27.9. The van der Waals surface area contributed by atoms with Crippen LogP contribution in [0, 0.1) is 6.92 Å². The molecule has 9 heteroatoms. The van der Waals surface area contributed by atoms with E-state index in [4.69, 9.17) is 0 Å². The molecule has 0 radical (unpaired) electrons. The van der Waals surface area contributed by atoms with Crippen molar-refractivity contribution in [2.45, 2.75) is 18.7 Å². The molecule has 0 atom stereocenters. The average Bonchev–Trinajstić information content (AvgIpc) is 3.28. The zero-order valence-corrected chi connectivity index (χ0v) is 20.0. The van der Waals surface area contributed by atoms with Crippen molar-refractivity contribution in [1.82, 2.24) is 4.98 Å². The predicted molar refractivity (Wildman–Crippen MR) is 134 cm³/mol. The molecular weight excluding hydrogens is 470 g/mol. The van der Waals surface area contributed by atoms with Gasteiger partial charge in [0.1, 0.15) is 0 Å².